The third-order valence-corrected chi connectivity index (χ3v) is 17.3. The topological polar surface area (TPSA) is 509 Å². The number of carbonyl (C=O) groups is 6. The average Bonchev–Trinajstić information content (AvgIpc) is 1.61. The molecule has 38 nitrogen and oxygen atoms in total. The first-order chi connectivity index (χ1) is 51.7. The molecule has 3 aliphatic heterocycles. The largest absolute Gasteiger partial charge is 0.447 e. The predicted molar refractivity (Wildman–Crippen MR) is 374 cm³/mol. The number of alkyl carbamates (subject to hydrolysis) is 1. The van der Waals surface area contributed by atoms with Gasteiger partial charge in [-0.2, -0.15) is 0 Å². The molecule has 1 aromatic heterocycles. The van der Waals surface area contributed by atoms with Gasteiger partial charge in [0, 0.05) is 73.9 Å². The van der Waals surface area contributed by atoms with Crippen molar-refractivity contribution in [3.8, 4) is 0 Å². The highest BCUT2D eigenvalue weighted by Gasteiger charge is 2.45. The van der Waals surface area contributed by atoms with Crippen LogP contribution < -0.4 is 31.9 Å². The van der Waals surface area contributed by atoms with E-state index in [0.29, 0.717) is 6.42 Å². The fourth-order valence-electron chi connectivity index (χ4n) is 11.1. The minimum atomic E-state index is -1.72. The number of aliphatic hydroxyl groups excluding tert-OH is 8. The number of hydrogen-bond acceptors (Lipinski definition) is 31. The summed E-state index contributed by atoms with van der Waals surface area (Å²) in [7, 11) is 0. The monoisotopic (exact) mass is 1540 g/mol. The van der Waals surface area contributed by atoms with Crippen LogP contribution in [0.5, 0.6) is 0 Å². The summed E-state index contributed by atoms with van der Waals surface area (Å²) in [6, 6.07) is 7.66. The highest BCUT2D eigenvalue weighted by molar-refractivity contribution is 5.89. The SMILES string of the molecule is CCC1OC(OCCOCCOCCNC(=O)CCOCC(COCCC(=O)NCCOCCOCCOC2OC(CO)C(O)C(O)C2C)(COC(=O)NCCOCCOCCOC2OC(CO)C(O)C(O)C2C)NC(=O)CNC(=O)COCCOCCNC(=O)Cc2c[nH]c3ccccc23)C(C)C(O)C1O. The van der Waals surface area contributed by atoms with Crippen LogP contribution in [0.25, 0.3) is 10.9 Å². The smallest absolute Gasteiger partial charge is 0.407 e. The van der Waals surface area contributed by atoms with Gasteiger partial charge in [0.05, 0.1) is 196 Å². The maximum absolute atomic E-state index is 13.8. The van der Waals surface area contributed by atoms with Crippen molar-refractivity contribution in [3.63, 3.8) is 0 Å². The molecule has 3 aliphatic rings. The van der Waals surface area contributed by atoms with E-state index in [1.165, 1.54) is 0 Å². The van der Waals surface area contributed by atoms with Gasteiger partial charge in [0.2, 0.25) is 29.5 Å². The Balaban J connectivity index is 1.08. The molecule has 5 rings (SSSR count). The number of hydrogen-bond donors (Lipinski definition) is 15. The van der Waals surface area contributed by atoms with Crippen LogP contribution in [0.15, 0.2) is 30.5 Å². The normalized spacial score (nSPS) is 25.0. The number of ether oxygens (including phenoxy) is 17. The second kappa shape index (κ2) is 53.3. The van der Waals surface area contributed by atoms with Crippen LogP contribution in [0.4, 0.5) is 4.79 Å². The third-order valence-electron chi connectivity index (χ3n) is 17.3. The number of H-pyrrole nitrogens is 1. The van der Waals surface area contributed by atoms with Gasteiger partial charge in [0.15, 0.2) is 18.9 Å². The molecular formula is C69H117N7O31. The van der Waals surface area contributed by atoms with Gasteiger partial charge in [0.25, 0.3) is 0 Å². The minimum Gasteiger partial charge on any atom is -0.447 e. The summed E-state index contributed by atoms with van der Waals surface area (Å²) in [6.07, 6.45) is -10.6. The molecule has 2 aromatic rings. The number of fused-ring (bicyclic) bond motifs is 1. The van der Waals surface area contributed by atoms with Gasteiger partial charge in [-0.3, -0.25) is 24.0 Å². The Morgan fingerprint density at radius 3 is 1.30 bits per heavy atom. The first-order valence-corrected chi connectivity index (χ1v) is 36.4. The number of benzene rings is 1. The number of para-hydroxylation sites is 1. The van der Waals surface area contributed by atoms with E-state index in [0.717, 1.165) is 16.5 Å². The number of amides is 6. The van der Waals surface area contributed by atoms with Crippen molar-refractivity contribution < 1.29 is 150 Å². The molecule has 3 fully saturated rings. The quantitative estimate of drug-likeness (QED) is 0.0277. The highest BCUT2D eigenvalue weighted by atomic mass is 16.7. The lowest BCUT2D eigenvalue weighted by Gasteiger charge is -2.41. The zero-order valence-corrected chi connectivity index (χ0v) is 61.8. The van der Waals surface area contributed by atoms with E-state index in [2.05, 4.69) is 36.9 Å². The molecule has 0 saturated carbocycles. The molecule has 3 saturated heterocycles. The third kappa shape index (κ3) is 35.1. The van der Waals surface area contributed by atoms with Crippen LogP contribution in [0.1, 0.15) is 52.5 Å². The Labute approximate surface area is 622 Å². The van der Waals surface area contributed by atoms with Gasteiger partial charge in [-0.1, -0.05) is 45.9 Å². The van der Waals surface area contributed by atoms with E-state index < -0.39 is 173 Å². The van der Waals surface area contributed by atoms with Gasteiger partial charge >= 0.3 is 6.09 Å². The van der Waals surface area contributed by atoms with Crippen molar-refractivity contribution in [2.45, 2.75) is 133 Å². The van der Waals surface area contributed by atoms with Crippen LogP contribution >= 0.6 is 0 Å². The van der Waals surface area contributed by atoms with Gasteiger partial charge in [-0.15, -0.1) is 0 Å². The maximum atomic E-state index is 13.8. The summed E-state index contributed by atoms with van der Waals surface area (Å²) in [5.74, 6) is -4.05. The second-order valence-electron chi connectivity index (χ2n) is 25.7. The van der Waals surface area contributed by atoms with Crippen molar-refractivity contribution >= 4 is 46.5 Å². The molecule has 0 bridgehead atoms. The molecule has 0 radical (unpaired) electrons. The average molecular weight is 1540 g/mol. The van der Waals surface area contributed by atoms with Crippen LogP contribution in [0, 0.1) is 17.8 Å². The minimum absolute atomic E-state index is 0.00650. The molecule has 15 N–H and O–H groups in total. The standard InChI is InChI=1S/C69H117N7O31/c1-5-51-62(87)59(84)45(2)65(105-51)101-33-30-95-25-22-91-18-12-70-54(79)10-16-99-42-69(44-104-68(90)73-15-21-94-24-27-97-32-35-103-67-47(4)61(86)64(89)53(40-78)107-67,43-100-17-11-55(80)71-13-19-92-23-26-96-31-34-102-66-46(3)60(85)63(88)52(39-77)106-66)76-57(82)38-75-58(83)41-98-29-28-93-20-14-72-56(81)36-48-37-74-50-9-7-6-8-49(48)50/h6-9,37,45-47,51-53,59-67,74,77-78,84-89H,5,10-36,38-44H2,1-4H3,(H,70,79)(H,71,80)(H,72,81)(H,73,90)(H,75,83)(H,76,82). The predicted octanol–water partition coefficient (Wildman–Crippen LogP) is -4.60. The zero-order valence-electron chi connectivity index (χ0n) is 61.8. The van der Waals surface area contributed by atoms with Crippen LogP contribution in [0.3, 0.4) is 0 Å². The van der Waals surface area contributed by atoms with Crippen LogP contribution in [0.2, 0.25) is 0 Å². The fraction of sp³-hybridized carbons (Fsp3) is 0.797. The lowest BCUT2D eigenvalue weighted by atomic mass is 9.91. The van der Waals surface area contributed by atoms with Crippen LogP contribution in [-0.2, 0) is 111 Å². The molecule has 16 atom stereocenters. The van der Waals surface area contributed by atoms with E-state index in [9.17, 15) is 69.6 Å². The van der Waals surface area contributed by atoms with Crippen molar-refractivity contribution in [3.05, 3.63) is 36.0 Å². The zero-order chi connectivity index (χ0) is 77.6. The van der Waals surface area contributed by atoms with Crippen molar-refractivity contribution in [1.82, 2.24) is 36.9 Å². The van der Waals surface area contributed by atoms with Gasteiger partial charge in [-0.25, -0.2) is 4.79 Å². The maximum Gasteiger partial charge on any atom is 0.407 e. The lowest BCUT2D eigenvalue weighted by molar-refractivity contribution is -0.284. The Morgan fingerprint density at radius 2 is 0.841 bits per heavy atom. The molecule has 38 heteroatoms. The molecule has 16 unspecified atom stereocenters. The van der Waals surface area contributed by atoms with Gasteiger partial charge in [0.1, 0.15) is 49.3 Å². The van der Waals surface area contributed by atoms with Gasteiger partial charge < -0.3 is 158 Å². The fourth-order valence-corrected chi connectivity index (χ4v) is 11.1. The van der Waals surface area contributed by atoms with E-state index in [-0.39, 0.29) is 183 Å². The second-order valence-corrected chi connectivity index (χ2v) is 25.7. The first kappa shape index (κ1) is 92.0. The molecule has 614 valence electrons. The van der Waals surface area contributed by atoms with Crippen LogP contribution in [-0.4, -0.2) is 365 Å². The van der Waals surface area contributed by atoms with E-state index in [4.69, 9.17) is 80.5 Å². The summed E-state index contributed by atoms with van der Waals surface area (Å²) >= 11 is 0. The number of aliphatic hydroxyl groups is 8. The summed E-state index contributed by atoms with van der Waals surface area (Å²) < 4.78 is 95.9. The molecule has 0 spiro atoms. The van der Waals surface area contributed by atoms with E-state index >= 15 is 0 Å². The number of nitrogens with one attached hydrogen (secondary N) is 7. The number of carbonyl (C=O) groups excluding carboxylic acids is 6. The molecule has 0 aliphatic carbocycles. The van der Waals surface area contributed by atoms with Crippen molar-refractivity contribution in [2.75, 3.05) is 205 Å². The highest BCUT2D eigenvalue weighted by Crippen LogP contribution is 2.30. The lowest BCUT2D eigenvalue weighted by Crippen LogP contribution is -2.60. The van der Waals surface area contributed by atoms with E-state index in [1.807, 2.05) is 31.2 Å². The Morgan fingerprint density at radius 1 is 0.439 bits per heavy atom. The molecular weight excluding hydrogens is 1420 g/mol. The summed E-state index contributed by atoms with van der Waals surface area (Å²) in [5, 5.41) is 97.2. The van der Waals surface area contributed by atoms with Crippen molar-refractivity contribution in [2.24, 2.45) is 17.8 Å². The molecule has 4 heterocycles. The Kier molecular flexibility index (Phi) is 45.9. The summed E-state index contributed by atoms with van der Waals surface area (Å²) in [5.41, 5.74) is 0.0760. The Hall–Kier alpha value is -5.58. The molecule has 107 heavy (non-hydrogen) atoms. The summed E-state index contributed by atoms with van der Waals surface area (Å²) in [6.45, 7) is 5.86. The summed E-state index contributed by atoms with van der Waals surface area (Å²) in [4.78, 5) is 81.6. The first-order valence-electron chi connectivity index (χ1n) is 36.4. The number of aromatic amines is 1. The molecule has 6 amide bonds. The Bertz CT molecular complexity index is 2700. The number of aromatic nitrogens is 1. The number of rotatable bonds is 58. The molecule has 1 aromatic carbocycles. The van der Waals surface area contributed by atoms with E-state index in [1.54, 1.807) is 27.0 Å². The van der Waals surface area contributed by atoms with Crippen molar-refractivity contribution in [1.29, 1.82) is 0 Å². The van der Waals surface area contributed by atoms with Gasteiger partial charge in [-0.05, 0) is 18.1 Å².